The molecule has 2 rings (SSSR count). The Bertz CT molecular complexity index is 427. The molecule has 4 heteroatoms. The second kappa shape index (κ2) is 5.72. The Hall–Kier alpha value is -1.39. The highest BCUT2D eigenvalue weighted by molar-refractivity contribution is 5.76. The minimum atomic E-state index is -0.700. The molecule has 0 aliphatic carbocycles. The topological polar surface area (TPSA) is 44.8 Å². The molecular weight excluding hydrogens is 244 g/mol. The fraction of sp³-hybridized carbons (Fsp3) is 0.533. The van der Waals surface area contributed by atoms with Gasteiger partial charge in [0, 0.05) is 13.5 Å². The van der Waals surface area contributed by atoms with E-state index >= 15 is 0 Å². The number of carbonyl (C=O) groups excluding carboxylic acids is 1. The Labute approximate surface area is 113 Å². The Morgan fingerprint density at radius 3 is 2.58 bits per heavy atom. The molecule has 2 atom stereocenters. The lowest BCUT2D eigenvalue weighted by molar-refractivity contribution is -0.181. The Morgan fingerprint density at radius 1 is 1.37 bits per heavy atom. The van der Waals surface area contributed by atoms with Crippen molar-refractivity contribution in [1.82, 2.24) is 0 Å². The van der Waals surface area contributed by atoms with Crippen LogP contribution in [-0.4, -0.2) is 26.0 Å². The molecule has 1 heterocycles. The van der Waals surface area contributed by atoms with Gasteiger partial charge >= 0.3 is 5.97 Å². The van der Waals surface area contributed by atoms with E-state index in [9.17, 15) is 4.79 Å². The van der Waals surface area contributed by atoms with E-state index in [1.54, 1.807) is 0 Å². The van der Waals surface area contributed by atoms with Gasteiger partial charge in [-0.05, 0) is 11.0 Å². The molecular formula is C15H20O4. The van der Waals surface area contributed by atoms with E-state index in [2.05, 4.69) is 13.8 Å². The Kier molecular flexibility index (Phi) is 4.22. The van der Waals surface area contributed by atoms with E-state index in [0.29, 0.717) is 13.0 Å². The Balaban J connectivity index is 1.99. The smallest absolute Gasteiger partial charge is 0.342 e. The average molecular weight is 264 g/mol. The van der Waals surface area contributed by atoms with Crippen LogP contribution in [0.4, 0.5) is 0 Å². The summed E-state index contributed by atoms with van der Waals surface area (Å²) in [6.45, 7) is 4.78. The van der Waals surface area contributed by atoms with Gasteiger partial charge in [0.25, 0.3) is 0 Å². The zero-order valence-electron chi connectivity index (χ0n) is 11.6. The standard InChI is InChI=1S/C15H20O4/c1-15(2)9-12(18-10-15)19-14(16)13(17-3)11-7-5-4-6-8-11/h4-8,12-13H,9-10H2,1-3H3/t12?,13-/m1/s1. The zero-order valence-corrected chi connectivity index (χ0v) is 11.6. The SMILES string of the molecule is CO[C@@H](C(=O)OC1CC(C)(C)CO1)c1ccccc1. The predicted octanol–water partition coefficient (Wildman–Crippen LogP) is 2.69. The van der Waals surface area contributed by atoms with Crippen LogP contribution in [0.1, 0.15) is 31.9 Å². The molecule has 1 aliphatic heterocycles. The van der Waals surface area contributed by atoms with Crippen LogP contribution in [0.25, 0.3) is 0 Å². The highest BCUT2D eigenvalue weighted by Gasteiger charge is 2.35. The van der Waals surface area contributed by atoms with Crippen LogP contribution in [-0.2, 0) is 19.0 Å². The van der Waals surface area contributed by atoms with Crippen molar-refractivity contribution in [3.63, 3.8) is 0 Å². The quantitative estimate of drug-likeness (QED) is 0.784. The fourth-order valence-electron chi connectivity index (χ4n) is 2.15. The van der Waals surface area contributed by atoms with Crippen molar-refractivity contribution >= 4 is 5.97 Å². The maximum Gasteiger partial charge on any atom is 0.342 e. The van der Waals surface area contributed by atoms with Gasteiger partial charge in [-0.1, -0.05) is 44.2 Å². The molecule has 1 aromatic carbocycles. The third-order valence-corrected chi connectivity index (χ3v) is 3.18. The van der Waals surface area contributed by atoms with E-state index in [0.717, 1.165) is 5.56 Å². The van der Waals surface area contributed by atoms with Crippen molar-refractivity contribution in [2.24, 2.45) is 5.41 Å². The third kappa shape index (κ3) is 3.55. The molecule has 0 aromatic heterocycles. The van der Waals surface area contributed by atoms with Crippen molar-refractivity contribution in [2.75, 3.05) is 13.7 Å². The molecule has 0 radical (unpaired) electrons. The van der Waals surface area contributed by atoms with Crippen LogP contribution in [0.2, 0.25) is 0 Å². The largest absolute Gasteiger partial charge is 0.434 e. The number of rotatable bonds is 4. The summed E-state index contributed by atoms with van der Waals surface area (Å²) in [5.41, 5.74) is 0.840. The van der Waals surface area contributed by atoms with Crippen molar-refractivity contribution in [3.8, 4) is 0 Å². The fourth-order valence-corrected chi connectivity index (χ4v) is 2.15. The maximum absolute atomic E-state index is 12.1. The molecule has 0 saturated carbocycles. The van der Waals surface area contributed by atoms with Crippen LogP contribution in [0.15, 0.2) is 30.3 Å². The van der Waals surface area contributed by atoms with Crippen LogP contribution >= 0.6 is 0 Å². The summed E-state index contributed by atoms with van der Waals surface area (Å²) in [5, 5.41) is 0. The second-order valence-corrected chi connectivity index (χ2v) is 5.57. The van der Waals surface area contributed by atoms with Crippen molar-refractivity contribution in [1.29, 1.82) is 0 Å². The van der Waals surface area contributed by atoms with Gasteiger partial charge in [0.1, 0.15) is 0 Å². The summed E-state index contributed by atoms with van der Waals surface area (Å²) in [6, 6.07) is 9.31. The monoisotopic (exact) mass is 264 g/mol. The number of hydrogen-bond acceptors (Lipinski definition) is 4. The van der Waals surface area contributed by atoms with Gasteiger partial charge in [-0.2, -0.15) is 0 Å². The molecule has 1 aliphatic rings. The predicted molar refractivity (Wildman–Crippen MR) is 70.4 cm³/mol. The molecule has 0 spiro atoms. The molecule has 1 fully saturated rings. The average Bonchev–Trinajstić information content (AvgIpc) is 2.71. The summed E-state index contributed by atoms with van der Waals surface area (Å²) in [4.78, 5) is 12.1. The zero-order chi connectivity index (χ0) is 13.9. The molecule has 0 bridgehead atoms. The second-order valence-electron chi connectivity index (χ2n) is 5.57. The van der Waals surface area contributed by atoms with E-state index in [4.69, 9.17) is 14.2 Å². The lowest BCUT2D eigenvalue weighted by atomic mass is 9.93. The van der Waals surface area contributed by atoms with Gasteiger partial charge in [0.05, 0.1) is 6.61 Å². The molecule has 1 unspecified atom stereocenters. The van der Waals surface area contributed by atoms with Gasteiger partial charge < -0.3 is 14.2 Å². The van der Waals surface area contributed by atoms with E-state index in [1.165, 1.54) is 7.11 Å². The van der Waals surface area contributed by atoms with Crippen LogP contribution < -0.4 is 0 Å². The lowest BCUT2D eigenvalue weighted by Gasteiger charge is -2.18. The number of esters is 1. The van der Waals surface area contributed by atoms with Gasteiger partial charge in [0.15, 0.2) is 6.10 Å². The van der Waals surface area contributed by atoms with Crippen molar-refractivity contribution in [2.45, 2.75) is 32.7 Å². The summed E-state index contributed by atoms with van der Waals surface area (Å²) in [7, 11) is 1.50. The first kappa shape index (κ1) is 14.0. The Morgan fingerprint density at radius 2 is 2.05 bits per heavy atom. The maximum atomic E-state index is 12.1. The normalized spacial score (nSPS) is 23.0. The molecule has 1 saturated heterocycles. The number of methoxy groups -OCH3 is 1. The minimum absolute atomic E-state index is 0.0558. The summed E-state index contributed by atoms with van der Waals surface area (Å²) < 4.78 is 16.1. The van der Waals surface area contributed by atoms with Crippen molar-refractivity contribution in [3.05, 3.63) is 35.9 Å². The third-order valence-electron chi connectivity index (χ3n) is 3.18. The number of benzene rings is 1. The molecule has 4 nitrogen and oxygen atoms in total. The summed E-state index contributed by atoms with van der Waals surface area (Å²) in [6.07, 6.45) is -0.457. The van der Waals surface area contributed by atoms with Gasteiger partial charge in [-0.15, -0.1) is 0 Å². The summed E-state index contributed by atoms with van der Waals surface area (Å²) in [5.74, 6) is -0.406. The number of ether oxygens (including phenoxy) is 3. The molecule has 0 N–H and O–H groups in total. The lowest BCUT2D eigenvalue weighted by Crippen LogP contribution is -2.24. The van der Waals surface area contributed by atoms with Crippen molar-refractivity contribution < 1.29 is 19.0 Å². The molecule has 19 heavy (non-hydrogen) atoms. The van der Waals surface area contributed by atoms with Gasteiger partial charge in [0.2, 0.25) is 6.29 Å². The number of hydrogen-bond donors (Lipinski definition) is 0. The van der Waals surface area contributed by atoms with E-state index in [1.807, 2.05) is 30.3 Å². The molecule has 0 amide bonds. The van der Waals surface area contributed by atoms with E-state index in [-0.39, 0.29) is 5.41 Å². The first-order chi connectivity index (χ1) is 9.02. The first-order valence-corrected chi connectivity index (χ1v) is 6.42. The highest BCUT2D eigenvalue weighted by Crippen LogP contribution is 2.32. The number of carbonyl (C=O) groups is 1. The molecule has 104 valence electrons. The van der Waals surface area contributed by atoms with Crippen LogP contribution in [0.3, 0.4) is 0 Å². The first-order valence-electron chi connectivity index (χ1n) is 6.42. The van der Waals surface area contributed by atoms with Gasteiger partial charge in [-0.3, -0.25) is 0 Å². The van der Waals surface area contributed by atoms with Gasteiger partial charge in [-0.25, -0.2) is 4.79 Å². The van der Waals surface area contributed by atoms with Crippen LogP contribution in [0.5, 0.6) is 0 Å². The summed E-state index contributed by atoms with van der Waals surface area (Å²) >= 11 is 0. The van der Waals surface area contributed by atoms with E-state index < -0.39 is 18.4 Å². The van der Waals surface area contributed by atoms with Crippen LogP contribution in [0, 0.1) is 5.41 Å². The molecule has 1 aromatic rings. The highest BCUT2D eigenvalue weighted by atomic mass is 16.7. The minimum Gasteiger partial charge on any atom is -0.434 e.